The van der Waals surface area contributed by atoms with Gasteiger partial charge in [-0.25, -0.2) is 5.84 Å². The molecule has 0 saturated heterocycles. The van der Waals surface area contributed by atoms with E-state index < -0.39 is 0 Å². The van der Waals surface area contributed by atoms with Crippen LogP contribution in [0.4, 0.5) is 5.69 Å². The summed E-state index contributed by atoms with van der Waals surface area (Å²) in [6.45, 7) is 0.128. The number of hydrogen-bond donors (Lipinski definition) is 2. The Kier molecular flexibility index (Phi) is 5.00. The summed E-state index contributed by atoms with van der Waals surface area (Å²) in [5, 5.41) is 1.99. The molecule has 4 N–H and O–H groups in total. The van der Waals surface area contributed by atoms with Crippen molar-refractivity contribution < 1.29 is 9.21 Å². The molecule has 0 spiro atoms. The number of hydrogen-bond acceptors (Lipinski definition) is 4. The minimum absolute atomic E-state index is 0.128. The summed E-state index contributed by atoms with van der Waals surface area (Å²) in [5.74, 6) is 6.12. The molecule has 0 aliphatic rings. The molecule has 24 heavy (non-hydrogen) atoms. The number of benzene rings is 2. The van der Waals surface area contributed by atoms with E-state index in [-0.39, 0.29) is 12.5 Å². The molecule has 0 fully saturated rings. The smallest absolute Gasteiger partial charge is 0.270 e. The number of fused-ring (bicyclic) bond motifs is 1. The topological polar surface area (TPSA) is 85.5 Å². The standard InChI is InChI=1S/C16H12Br3N3O2/c17-9-1-2-14(20)12(5-9)16(23)22(21)7-11-4-8-3-10(18)6-13(19)15(8)24-11/h1-6H,7,20-21H2. The summed E-state index contributed by atoms with van der Waals surface area (Å²) in [5.41, 5.74) is 7.28. The Morgan fingerprint density at radius 2 is 1.83 bits per heavy atom. The van der Waals surface area contributed by atoms with Crippen LogP contribution < -0.4 is 11.6 Å². The van der Waals surface area contributed by atoms with Gasteiger partial charge in [-0.05, 0) is 52.3 Å². The Morgan fingerprint density at radius 3 is 2.58 bits per heavy atom. The molecule has 1 amide bonds. The number of nitrogens with zero attached hydrogens (tertiary/aromatic N) is 1. The first-order valence-corrected chi connectivity index (χ1v) is 9.22. The van der Waals surface area contributed by atoms with Crippen molar-refractivity contribution in [1.29, 1.82) is 0 Å². The summed E-state index contributed by atoms with van der Waals surface area (Å²) >= 11 is 10.2. The minimum Gasteiger partial charge on any atom is -0.458 e. The van der Waals surface area contributed by atoms with Gasteiger partial charge in [0.25, 0.3) is 5.91 Å². The van der Waals surface area contributed by atoms with Gasteiger partial charge >= 0.3 is 0 Å². The molecule has 2 aromatic carbocycles. The second-order valence-corrected chi connectivity index (χ2v) is 7.87. The maximum Gasteiger partial charge on any atom is 0.270 e. The third-order valence-electron chi connectivity index (χ3n) is 3.42. The van der Waals surface area contributed by atoms with Gasteiger partial charge in [-0.15, -0.1) is 0 Å². The molecule has 0 unspecified atom stereocenters. The van der Waals surface area contributed by atoms with Crippen LogP contribution in [0.5, 0.6) is 0 Å². The van der Waals surface area contributed by atoms with E-state index in [4.69, 9.17) is 16.0 Å². The molecular formula is C16H12Br3N3O2. The number of nitrogens with two attached hydrogens (primary N) is 2. The number of amides is 1. The molecule has 0 atom stereocenters. The van der Waals surface area contributed by atoms with Crippen LogP contribution in [-0.4, -0.2) is 10.9 Å². The maximum atomic E-state index is 12.5. The number of furan rings is 1. The van der Waals surface area contributed by atoms with Crippen LogP contribution in [0.3, 0.4) is 0 Å². The number of carbonyl (C=O) groups excluding carboxylic acids is 1. The zero-order valence-electron chi connectivity index (χ0n) is 12.2. The second kappa shape index (κ2) is 6.87. The Morgan fingerprint density at radius 1 is 1.08 bits per heavy atom. The first-order valence-electron chi connectivity index (χ1n) is 6.84. The summed E-state index contributed by atoms with van der Waals surface area (Å²) in [4.78, 5) is 12.5. The largest absolute Gasteiger partial charge is 0.458 e. The summed E-state index contributed by atoms with van der Waals surface area (Å²) in [6, 6.07) is 10.7. The van der Waals surface area contributed by atoms with Gasteiger partial charge in [-0.2, -0.15) is 0 Å². The van der Waals surface area contributed by atoms with E-state index in [0.29, 0.717) is 22.6 Å². The van der Waals surface area contributed by atoms with Gasteiger partial charge in [0, 0.05) is 20.0 Å². The zero-order valence-corrected chi connectivity index (χ0v) is 17.0. The van der Waals surface area contributed by atoms with E-state index >= 15 is 0 Å². The summed E-state index contributed by atoms with van der Waals surface area (Å²) in [7, 11) is 0. The number of carbonyl (C=O) groups is 1. The lowest BCUT2D eigenvalue weighted by molar-refractivity contribution is 0.0733. The summed E-state index contributed by atoms with van der Waals surface area (Å²) in [6.07, 6.45) is 0. The normalized spacial score (nSPS) is 11.0. The van der Waals surface area contributed by atoms with Gasteiger partial charge in [0.1, 0.15) is 11.3 Å². The fourth-order valence-electron chi connectivity index (χ4n) is 2.32. The minimum atomic E-state index is -0.380. The Labute approximate surface area is 163 Å². The van der Waals surface area contributed by atoms with Gasteiger partial charge in [0.2, 0.25) is 0 Å². The summed E-state index contributed by atoms with van der Waals surface area (Å²) < 4.78 is 8.29. The van der Waals surface area contributed by atoms with Crippen molar-refractivity contribution in [3.05, 3.63) is 61.1 Å². The first-order chi connectivity index (χ1) is 11.3. The SMILES string of the molecule is Nc1ccc(Br)cc1C(=O)N(N)Cc1cc2cc(Br)cc(Br)c2o1. The van der Waals surface area contributed by atoms with Gasteiger partial charge in [-0.1, -0.05) is 31.9 Å². The van der Waals surface area contributed by atoms with Crippen molar-refractivity contribution in [3.8, 4) is 0 Å². The van der Waals surface area contributed by atoms with Gasteiger partial charge in [0.05, 0.1) is 16.6 Å². The van der Waals surface area contributed by atoms with Crippen molar-refractivity contribution >= 4 is 70.4 Å². The highest BCUT2D eigenvalue weighted by Crippen LogP contribution is 2.31. The quantitative estimate of drug-likeness (QED) is 0.226. The van der Waals surface area contributed by atoms with Crippen LogP contribution in [0, 0.1) is 0 Å². The van der Waals surface area contributed by atoms with E-state index in [9.17, 15) is 4.79 Å². The lowest BCUT2D eigenvalue weighted by Gasteiger charge is -2.16. The van der Waals surface area contributed by atoms with Crippen molar-refractivity contribution in [3.63, 3.8) is 0 Å². The van der Waals surface area contributed by atoms with Crippen LogP contribution in [0.2, 0.25) is 0 Å². The predicted molar refractivity (Wildman–Crippen MR) is 104 cm³/mol. The molecule has 124 valence electrons. The Bertz CT molecular complexity index is 940. The van der Waals surface area contributed by atoms with Crippen molar-refractivity contribution in [2.24, 2.45) is 5.84 Å². The Hall–Kier alpha value is -1.35. The van der Waals surface area contributed by atoms with E-state index in [1.807, 2.05) is 18.2 Å². The van der Waals surface area contributed by atoms with E-state index in [1.54, 1.807) is 18.2 Å². The lowest BCUT2D eigenvalue weighted by atomic mass is 10.1. The molecule has 8 heteroatoms. The molecule has 0 radical (unpaired) electrons. The third kappa shape index (κ3) is 3.51. The van der Waals surface area contributed by atoms with Crippen LogP contribution >= 0.6 is 47.8 Å². The van der Waals surface area contributed by atoms with Crippen molar-refractivity contribution in [2.45, 2.75) is 6.54 Å². The van der Waals surface area contributed by atoms with Gasteiger partial charge < -0.3 is 10.2 Å². The number of halogens is 3. The molecule has 0 aliphatic heterocycles. The molecule has 0 bridgehead atoms. The second-order valence-electron chi connectivity index (χ2n) is 5.18. The van der Waals surface area contributed by atoms with Crippen LogP contribution in [0.1, 0.15) is 16.1 Å². The number of anilines is 1. The van der Waals surface area contributed by atoms with Crippen LogP contribution in [0.25, 0.3) is 11.0 Å². The molecule has 3 rings (SSSR count). The highest BCUT2D eigenvalue weighted by Gasteiger charge is 2.18. The monoisotopic (exact) mass is 515 g/mol. The maximum absolute atomic E-state index is 12.5. The number of rotatable bonds is 3. The highest BCUT2D eigenvalue weighted by molar-refractivity contribution is 9.11. The fourth-order valence-corrected chi connectivity index (χ4v) is 4.02. The lowest BCUT2D eigenvalue weighted by Crippen LogP contribution is -2.37. The van der Waals surface area contributed by atoms with Crippen molar-refractivity contribution in [1.82, 2.24) is 5.01 Å². The first kappa shape index (κ1) is 17.5. The fraction of sp³-hybridized carbons (Fsp3) is 0.0625. The number of hydrazine groups is 1. The molecular weight excluding hydrogens is 506 g/mol. The average Bonchev–Trinajstić information content (AvgIpc) is 2.91. The average molecular weight is 518 g/mol. The predicted octanol–water partition coefficient (Wildman–Crippen LogP) is 4.82. The molecule has 1 heterocycles. The van der Waals surface area contributed by atoms with Crippen LogP contribution in [-0.2, 0) is 6.54 Å². The molecule has 3 aromatic rings. The molecule has 1 aromatic heterocycles. The zero-order chi connectivity index (χ0) is 17.4. The van der Waals surface area contributed by atoms with Crippen molar-refractivity contribution in [2.75, 3.05) is 5.73 Å². The molecule has 5 nitrogen and oxygen atoms in total. The van der Waals surface area contributed by atoms with Gasteiger partial charge in [-0.3, -0.25) is 9.80 Å². The third-order valence-corrected chi connectivity index (χ3v) is 4.96. The Balaban J connectivity index is 1.86. The molecule has 0 saturated carbocycles. The number of nitrogen functional groups attached to an aromatic ring is 1. The van der Waals surface area contributed by atoms with Gasteiger partial charge in [0.15, 0.2) is 0 Å². The van der Waals surface area contributed by atoms with E-state index in [1.165, 1.54) is 0 Å². The molecule has 0 aliphatic carbocycles. The highest BCUT2D eigenvalue weighted by atomic mass is 79.9. The van der Waals surface area contributed by atoms with E-state index in [2.05, 4.69) is 47.8 Å². The van der Waals surface area contributed by atoms with E-state index in [0.717, 1.165) is 23.8 Å². The van der Waals surface area contributed by atoms with Crippen LogP contribution in [0.15, 0.2) is 54.2 Å².